The van der Waals surface area contributed by atoms with Crippen LogP contribution in [0.1, 0.15) is 19.3 Å². The number of sulfonamides is 1. The summed E-state index contributed by atoms with van der Waals surface area (Å²) in [5.74, 6) is 0.859. The fourth-order valence-electron chi connectivity index (χ4n) is 4.95. The summed E-state index contributed by atoms with van der Waals surface area (Å²) < 4.78 is 58.6. The van der Waals surface area contributed by atoms with E-state index in [2.05, 4.69) is 4.90 Å². The first-order chi connectivity index (χ1) is 18.2. The molecule has 2 aromatic rings. The smallest absolute Gasteiger partial charge is 0.246 e. The molecule has 38 heavy (non-hydrogen) atoms. The van der Waals surface area contributed by atoms with Crippen molar-refractivity contribution in [2.24, 2.45) is 5.41 Å². The van der Waals surface area contributed by atoms with Crippen LogP contribution in [0.4, 0.5) is 4.39 Å². The number of halogens is 1. The molecule has 2 fully saturated rings. The maximum Gasteiger partial charge on any atom is 0.246 e. The molecule has 0 bridgehead atoms. The van der Waals surface area contributed by atoms with E-state index in [1.165, 1.54) is 36.7 Å². The topological polar surface area (TPSA) is 88.6 Å². The van der Waals surface area contributed by atoms with E-state index in [0.717, 1.165) is 13.1 Å². The number of piperidine rings is 1. The Morgan fingerprint density at radius 2 is 1.55 bits per heavy atom. The predicted molar refractivity (Wildman–Crippen MR) is 141 cm³/mol. The Labute approximate surface area is 224 Å². The minimum absolute atomic E-state index is 0.0444. The number of methoxy groups -OCH3 is 2. The molecule has 9 nitrogen and oxygen atoms in total. The van der Waals surface area contributed by atoms with Crippen molar-refractivity contribution in [1.82, 2.24) is 14.1 Å². The zero-order valence-electron chi connectivity index (χ0n) is 22.2. The summed E-state index contributed by atoms with van der Waals surface area (Å²) in [6.45, 7) is 3.66. The number of likely N-dealkylation sites (N-methyl/N-ethyl adjacent to an activating group) is 1. The first kappa shape index (κ1) is 28.1. The number of nitrogens with zero attached hydrogens (tertiary/aromatic N) is 3. The van der Waals surface area contributed by atoms with E-state index in [9.17, 15) is 17.6 Å². The van der Waals surface area contributed by atoms with E-state index in [-0.39, 0.29) is 48.5 Å². The number of amides is 1. The summed E-state index contributed by atoms with van der Waals surface area (Å²) >= 11 is 0. The fraction of sp³-hybridized carbons (Fsp3) is 0.519. The summed E-state index contributed by atoms with van der Waals surface area (Å²) in [4.78, 5) is 17.4. The fourth-order valence-corrected chi connectivity index (χ4v) is 6.57. The lowest BCUT2D eigenvalue weighted by Gasteiger charge is -2.42. The second-order valence-corrected chi connectivity index (χ2v) is 11.9. The largest absolute Gasteiger partial charge is 0.497 e. The van der Waals surface area contributed by atoms with Gasteiger partial charge in [0.1, 0.15) is 28.0 Å². The lowest BCUT2D eigenvalue weighted by molar-refractivity contribution is -0.136. The maximum absolute atomic E-state index is 13.6. The number of hydrogen-bond acceptors (Lipinski definition) is 7. The molecule has 1 amide bonds. The van der Waals surface area contributed by atoms with Crippen LogP contribution in [0.3, 0.4) is 0 Å². The lowest BCUT2D eigenvalue weighted by Crippen LogP contribution is -2.51. The second kappa shape index (κ2) is 11.9. The SMILES string of the molecule is COc1ccc(OC)c(S(=O)(=O)N2CCC(COc3ccc(F)cc3)(CC(=O)N3CCN(C)CC3)CC2)c1. The highest BCUT2D eigenvalue weighted by atomic mass is 32.2. The summed E-state index contributed by atoms with van der Waals surface area (Å²) in [6.07, 6.45) is 1.15. The van der Waals surface area contributed by atoms with Gasteiger partial charge in [-0.3, -0.25) is 4.79 Å². The molecule has 2 aliphatic heterocycles. The molecule has 2 heterocycles. The van der Waals surface area contributed by atoms with E-state index in [4.69, 9.17) is 14.2 Å². The van der Waals surface area contributed by atoms with Gasteiger partial charge < -0.3 is 24.0 Å². The molecule has 0 spiro atoms. The van der Waals surface area contributed by atoms with Crippen molar-refractivity contribution in [2.75, 3.05) is 67.1 Å². The average molecular weight is 550 g/mol. The van der Waals surface area contributed by atoms with E-state index >= 15 is 0 Å². The van der Waals surface area contributed by atoms with Gasteiger partial charge in [-0.1, -0.05) is 0 Å². The highest BCUT2D eigenvalue weighted by Crippen LogP contribution is 2.40. The van der Waals surface area contributed by atoms with Crippen molar-refractivity contribution >= 4 is 15.9 Å². The number of hydrogen-bond donors (Lipinski definition) is 0. The number of carbonyl (C=O) groups excluding carboxylic acids is 1. The first-order valence-corrected chi connectivity index (χ1v) is 14.2. The predicted octanol–water partition coefficient (Wildman–Crippen LogP) is 2.86. The van der Waals surface area contributed by atoms with Crippen molar-refractivity contribution < 1.29 is 31.8 Å². The Kier molecular flexibility index (Phi) is 8.79. The van der Waals surface area contributed by atoms with Crippen LogP contribution in [0.25, 0.3) is 0 Å². The van der Waals surface area contributed by atoms with Gasteiger partial charge >= 0.3 is 0 Å². The van der Waals surface area contributed by atoms with Crippen LogP contribution in [-0.4, -0.2) is 95.6 Å². The van der Waals surface area contributed by atoms with Crippen LogP contribution in [-0.2, 0) is 14.8 Å². The van der Waals surface area contributed by atoms with Crippen LogP contribution in [0, 0.1) is 11.2 Å². The summed E-state index contributed by atoms with van der Waals surface area (Å²) in [6, 6.07) is 10.5. The van der Waals surface area contributed by atoms with E-state index in [1.54, 1.807) is 24.3 Å². The minimum Gasteiger partial charge on any atom is -0.497 e. The molecule has 0 N–H and O–H groups in total. The number of rotatable bonds is 9. The molecule has 0 aliphatic carbocycles. The highest BCUT2D eigenvalue weighted by molar-refractivity contribution is 7.89. The number of benzene rings is 2. The van der Waals surface area contributed by atoms with Gasteiger partial charge in [0, 0.05) is 57.2 Å². The van der Waals surface area contributed by atoms with Gasteiger partial charge in [0.25, 0.3) is 0 Å². The molecule has 0 atom stereocenters. The van der Waals surface area contributed by atoms with Gasteiger partial charge in [-0.2, -0.15) is 4.31 Å². The zero-order chi connectivity index (χ0) is 27.3. The van der Waals surface area contributed by atoms with Crippen LogP contribution < -0.4 is 14.2 Å². The van der Waals surface area contributed by atoms with Crippen LogP contribution in [0.5, 0.6) is 17.2 Å². The lowest BCUT2D eigenvalue weighted by atomic mass is 9.76. The van der Waals surface area contributed by atoms with E-state index in [1.807, 2.05) is 11.9 Å². The molecule has 4 rings (SSSR count). The van der Waals surface area contributed by atoms with Crippen LogP contribution >= 0.6 is 0 Å². The van der Waals surface area contributed by atoms with Crippen molar-refractivity contribution in [3.63, 3.8) is 0 Å². The van der Waals surface area contributed by atoms with Crippen molar-refractivity contribution in [1.29, 1.82) is 0 Å². The molecule has 2 aromatic carbocycles. The molecular weight excluding hydrogens is 513 g/mol. The maximum atomic E-state index is 13.6. The molecule has 2 saturated heterocycles. The van der Waals surface area contributed by atoms with E-state index in [0.29, 0.717) is 37.4 Å². The molecule has 0 radical (unpaired) electrons. The molecule has 0 unspecified atom stereocenters. The Bertz CT molecular complexity index is 1210. The standard InChI is InChI=1S/C27H36FN3O6S/c1-29-14-16-30(17-15-29)26(32)19-27(20-37-22-6-4-21(28)5-7-22)10-12-31(13-11-27)38(33,34)25-18-23(35-2)8-9-24(25)36-3/h4-9,18H,10-17,19-20H2,1-3H3. The molecule has 0 aromatic heterocycles. The summed E-state index contributed by atoms with van der Waals surface area (Å²) in [5.41, 5.74) is -0.556. The third-order valence-electron chi connectivity index (χ3n) is 7.51. The second-order valence-electron chi connectivity index (χ2n) is 10.0. The summed E-state index contributed by atoms with van der Waals surface area (Å²) in [5, 5.41) is 0. The van der Waals surface area contributed by atoms with Gasteiger partial charge in [0.15, 0.2) is 0 Å². The summed E-state index contributed by atoms with van der Waals surface area (Å²) in [7, 11) is 1.07. The number of ether oxygens (including phenoxy) is 3. The van der Waals surface area contributed by atoms with E-state index < -0.39 is 15.4 Å². The van der Waals surface area contributed by atoms with Gasteiger partial charge in [-0.15, -0.1) is 0 Å². The van der Waals surface area contributed by atoms with Crippen LogP contribution in [0.2, 0.25) is 0 Å². The number of piperazine rings is 1. The van der Waals surface area contributed by atoms with Crippen molar-refractivity contribution in [2.45, 2.75) is 24.2 Å². The molecule has 11 heteroatoms. The average Bonchev–Trinajstić information content (AvgIpc) is 2.93. The van der Waals surface area contributed by atoms with Gasteiger partial charge in [0.2, 0.25) is 15.9 Å². The minimum atomic E-state index is -3.87. The van der Waals surface area contributed by atoms with Gasteiger partial charge in [-0.25, -0.2) is 12.8 Å². The first-order valence-electron chi connectivity index (χ1n) is 12.7. The Morgan fingerprint density at radius 1 is 0.921 bits per heavy atom. The third kappa shape index (κ3) is 6.39. The molecule has 0 saturated carbocycles. The molecule has 208 valence electrons. The van der Waals surface area contributed by atoms with Crippen molar-refractivity contribution in [3.8, 4) is 17.2 Å². The molecular formula is C27H36FN3O6S. The van der Waals surface area contributed by atoms with Gasteiger partial charge in [0.05, 0.1) is 20.8 Å². The van der Waals surface area contributed by atoms with Gasteiger partial charge in [-0.05, 0) is 56.3 Å². The number of carbonyl (C=O) groups is 1. The highest BCUT2D eigenvalue weighted by Gasteiger charge is 2.42. The zero-order valence-corrected chi connectivity index (χ0v) is 23.0. The Balaban J connectivity index is 1.52. The quantitative estimate of drug-likeness (QED) is 0.475. The third-order valence-corrected chi connectivity index (χ3v) is 9.43. The molecule has 2 aliphatic rings. The van der Waals surface area contributed by atoms with Crippen molar-refractivity contribution in [3.05, 3.63) is 48.3 Å². The Hall–Kier alpha value is -2.89. The monoisotopic (exact) mass is 549 g/mol. The Morgan fingerprint density at radius 3 is 2.16 bits per heavy atom. The normalized spacial score (nSPS) is 18.7. The van der Waals surface area contributed by atoms with Crippen LogP contribution in [0.15, 0.2) is 47.4 Å².